The molecule has 3 aromatic rings. The third kappa shape index (κ3) is 6.82. The fourth-order valence-corrected chi connectivity index (χ4v) is 6.05. The number of hydrogen-bond donors (Lipinski definition) is 0. The molecular formula is C34H43NO4. The second-order valence-corrected chi connectivity index (χ2v) is 10.7. The first-order valence-corrected chi connectivity index (χ1v) is 14.9. The zero-order chi connectivity index (χ0) is 27.0. The Labute approximate surface area is 233 Å². The van der Waals surface area contributed by atoms with Crippen LogP contribution in [0.5, 0.6) is 5.75 Å². The standard InChI is InChI=1S/C34H43NO4/c1-4-36-33(37-5-2)23-28-13-9-15-30-29(28)14-10-16-32(30)38-22-21-31-24(3)39-34(35-31)27-19-17-26(18-20-27)25-11-7-6-8-12-25/h10,13-14,16-20,25,33H,4-9,11-12,15,21-23H2,1-3H3. The molecule has 2 aliphatic carbocycles. The molecule has 5 nitrogen and oxygen atoms in total. The fraction of sp³-hybridized carbons (Fsp3) is 0.500. The smallest absolute Gasteiger partial charge is 0.226 e. The lowest BCUT2D eigenvalue weighted by atomic mass is 9.84. The van der Waals surface area contributed by atoms with E-state index in [-0.39, 0.29) is 6.29 Å². The summed E-state index contributed by atoms with van der Waals surface area (Å²) in [6.45, 7) is 7.86. The van der Waals surface area contributed by atoms with Crippen LogP contribution in [0.2, 0.25) is 0 Å². The summed E-state index contributed by atoms with van der Waals surface area (Å²) < 4.78 is 24.0. The van der Waals surface area contributed by atoms with Crippen molar-refractivity contribution in [3.63, 3.8) is 0 Å². The number of hydrogen-bond acceptors (Lipinski definition) is 5. The molecule has 0 atom stereocenters. The van der Waals surface area contributed by atoms with Crippen molar-refractivity contribution in [2.45, 2.75) is 90.8 Å². The highest BCUT2D eigenvalue weighted by Gasteiger charge is 2.21. The summed E-state index contributed by atoms with van der Waals surface area (Å²) in [7, 11) is 0. The molecule has 0 N–H and O–H groups in total. The van der Waals surface area contributed by atoms with Gasteiger partial charge in [-0.3, -0.25) is 0 Å². The zero-order valence-electron chi connectivity index (χ0n) is 23.8. The monoisotopic (exact) mass is 529 g/mol. The maximum atomic E-state index is 6.34. The predicted octanol–water partition coefficient (Wildman–Crippen LogP) is 8.44. The van der Waals surface area contributed by atoms with Crippen molar-refractivity contribution in [2.75, 3.05) is 19.8 Å². The average molecular weight is 530 g/mol. The number of oxazole rings is 1. The second-order valence-electron chi connectivity index (χ2n) is 10.7. The first kappa shape index (κ1) is 27.7. The molecule has 1 saturated carbocycles. The van der Waals surface area contributed by atoms with Crippen LogP contribution in [0.15, 0.2) is 53.0 Å². The summed E-state index contributed by atoms with van der Waals surface area (Å²) >= 11 is 0. The van der Waals surface area contributed by atoms with Crippen LogP contribution in [0, 0.1) is 6.92 Å². The molecule has 5 heteroatoms. The van der Waals surface area contributed by atoms with Crippen LogP contribution in [0.3, 0.4) is 0 Å². The highest BCUT2D eigenvalue weighted by atomic mass is 16.7. The third-order valence-corrected chi connectivity index (χ3v) is 8.08. The minimum absolute atomic E-state index is 0.213. The van der Waals surface area contributed by atoms with Gasteiger partial charge in [0.1, 0.15) is 11.5 Å². The molecule has 1 heterocycles. The van der Waals surface area contributed by atoms with E-state index >= 15 is 0 Å². The summed E-state index contributed by atoms with van der Waals surface area (Å²) in [5.41, 5.74) is 7.25. The summed E-state index contributed by atoms with van der Waals surface area (Å²) in [5, 5.41) is 0. The lowest BCUT2D eigenvalue weighted by Gasteiger charge is -2.24. The van der Waals surface area contributed by atoms with Crippen molar-refractivity contribution in [3.8, 4) is 17.2 Å². The average Bonchev–Trinajstić information content (AvgIpc) is 3.34. The molecule has 1 fully saturated rings. The van der Waals surface area contributed by atoms with Gasteiger partial charge >= 0.3 is 0 Å². The van der Waals surface area contributed by atoms with Crippen molar-refractivity contribution in [2.24, 2.45) is 0 Å². The number of allylic oxidation sites excluding steroid dienone is 1. The Balaban J connectivity index is 1.21. The van der Waals surface area contributed by atoms with E-state index in [0.717, 1.165) is 42.0 Å². The van der Waals surface area contributed by atoms with Gasteiger partial charge in [0.25, 0.3) is 0 Å². The highest BCUT2D eigenvalue weighted by molar-refractivity contribution is 5.72. The van der Waals surface area contributed by atoms with Crippen molar-refractivity contribution < 1.29 is 18.6 Å². The Hall–Kier alpha value is -2.89. The molecule has 2 aromatic carbocycles. The van der Waals surface area contributed by atoms with Gasteiger partial charge in [-0.25, -0.2) is 4.98 Å². The van der Waals surface area contributed by atoms with Crippen molar-refractivity contribution >= 4 is 5.57 Å². The second kappa shape index (κ2) is 13.5. The Bertz CT molecular complexity index is 1230. The SMILES string of the molecule is CCOC(CC1=CCCc2c(OCCc3nc(-c4ccc(C5CCCCC5)cc4)oc3C)cccc21)OCC. The van der Waals surface area contributed by atoms with Crippen molar-refractivity contribution in [1.82, 2.24) is 4.98 Å². The van der Waals surface area contributed by atoms with Gasteiger partial charge in [0.2, 0.25) is 5.89 Å². The first-order chi connectivity index (χ1) is 19.2. The van der Waals surface area contributed by atoms with Crippen LogP contribution < -0.4 is 4.74 Å². The van der Waals surface area contributed by atoms with E-state index in [0.29, 0.717) is 38.1 Å². The van der Waals surface area contributed by atoms with Gasteiger partial charge in [-0.2, -0.15) is 0 Å². The zero-order valence-corrected chi connectivity index (χ0v) is 23.8. The van der Waals surface area contributed by atoms with Crippen LogP contribution in [0.4, 0.5) is 0 Å². The van der Waals surface area contributed by atoms with Crippen LogP contribution >= 0.6 is 0 Å². The lowest BCUT2D eigenvalue weighted by molar-refractivity contribution is -0.131. The normalized spacial score (nSPS) is 15.8. The fourth-order valence-electron chi connectivity index (χ4n) is 6.05. The third-order valence-electron chi connectivity index (χ3n) is 8.08. The number of aromatic nitrogens is 1. The molecule has 208 valence electrons. The van der Waals surface area contributed by atoms with Gasteiger partial charge < -0.3 is 18.6 Å². The van der Waals surface area contributed by atoms with Crippen molar-refractivity contribution in [1.29, 1.82) is 0 Å². The van der Waals surface area contributed by atoms with E-state index in [2.05, 4.69) is 48.5 Å². The number of ether oxygens (including phenoxy) is 3. The maximum absolute atomic E-state index is 6.34. The Morgan fingerprint density at radius 1 is 0.974 bits per heavy atom. The lowest BCUT2D eigenvalue weighted by Crippen LogP contribution is -2.19. The van der Waals surface area contributed by atoms with Crippen LogP contribution in [0.25, 0.3) is 17.0 Å². The minimum Gasteiger partial charge on any atom is -0.493 e. The number of aryl methyl sites for hydroxylation is 1. The Morgan fingerprint density at radius 3 is 2.49 bits per heavy atom. The van der Waals surface area contributed by atoms with E-state index in [1.54, 1.807) is 0 Å². The van der Waals surface area contributed by atoms with Gasteiger partial charge in [0, 0.05) is 37.2 Å². The highest BCUT2D eigenvalue weighted by Crippen LogP contribution is 2.36. The maximum Gasteiger partial charge on any atom is 0.226 e. The van der Waals surface area contributed by atoms with E-state index in [1.165, 1.54) is 54.4 Å². The minimum atomic E-state index is -0.213. The van der Waals surface area contributed by atoms with Gasteiger partial charge in [0.15, 0.2) is 6.29 Å². The molecule has 1 aromatic heterocycles. The molecule has 0 radical (unpaired) electrons. The Morgan fingerprint density at radius 2 is 1.74 bits per heavy atom. The summed E-state index contributed by atoms with van der Waals surface area (Å²) in [6, 6.07) is 15.2. The largest absolute Gasteiger partial charge is 0.493 e. The van der Waals surface area contributed by atoms with Crippen LogP contribution in [0.1, 0.15) is 92.9 Å². The number of fused-ring (bicyclic) bond motifs is 1. The van der Waals surface area contributed by atoms with Crippen LogP contribution in [-0.2, 0) is 22.3 Å². The molecule has 0 aliphatic heterocycles. The predicted molar refractivity (Wildman–Crippen MR) is 156 cm³/mol. The first-order valence-electron chi connectivity index (χ1n) is 14.9. The molecule has 39 heavy (non-hydrogen) atoms. The van der Waals surface area contributed by atoms with E-state index in [4.69, 9.17) is 23.6 Å². The molecule has 5 rings (SSSR count). The summed E-state index contributed by atoms with van der Waals surface area (Å²) in [4.78, 5) is 4.84. The molecule has 0 saturated heterocycles. The van der Waals surface area contributed by atoms with E-state index in [1.807, 2.05) is 20.8 Å². The van der Waals surface area contributed by atoms with Gasteiger partial charge in [-0.1, -0.05) is 49.6 Å². The number of benzene rings is 2. The quantitative estimate of drug-likeness (QED) is 0.220. The molecule has 0 amide bonds. The topological polar surface area (TPSA) is 53.7 Å². The van der Waals surface area contributed by atoms with Crippen LogP contribution in [-0.4, -0.2) is 31.1 Å². The van der Waals surface area contributed by atoms with E-state index in [9.17, 15) is 0 Å². The molecular weight excluding hydrogens is 486 g/mol. The van der Waals surface area contributed by atoms with Gasteiger partial charge in [0.05, 0.1) is 12.3 Å². The number of rotatable bonds is 12. The molecule has 0 unspecified atom stereocenters. The van der Waals surface area contributed by atoms with Gasteiger partial charge in [-0.15, -0.1) is 0 Å². The summed E-state index contributed by atoms with van der Waals surface area (Å²) in [6.07, 6.45) is 12.2. The molecule has 0 spiro atoms. The Kier molecular flexibility index (Phi) is 9.54. The van der Waals surface area contributed by atoms with E-state index < -0.39 is 0 Å². The summed E-state index contributed by atoms with van der Waals surface area (Å²) in [5.74, 6) is 3.23. The molecule has 0 bridgehead atoms. The molecule has 2 aliphatic rings. The van der Waals surface area contributed by atoms with Gasteiger partial charge in [-0.05, 0) is 87.3 Å². The van der Waals surface area contributed by atoms with Crippen molar-refractivity contribution in [3.05, 3.63) is 76.7 Å². The number of nitrogens with zero attached hydrogens (tertiary/aromatic N) is 1.